The van der Waals surface area contributed by atoms with E-state index in [0.29, 0.717) is 6.04 Å². The van der Waals surface area contributed by atoms with Gasteiger partial charge in [-0.05, 0) is 53.8 Å². The lowest BCUT2D eigenvalue weighted by Crippen LogP contribution is -2.33. The van der Waals surface area contributed by atoms with E-state index in [1.54, 1.807) is 7.11 Å². The highest BCUT2D eigenvalue weighted by Crippen LogP contribution is 2.48. The molecule has 1 aliphatic heterocycles. The second-order valence-electron chi connectivity index (χ2n) is 5.44. The fraction of sp³-hybridized carbons (Fsp3) is 0.294. The molecule has 1 N–H and O–H groups in total. The van der Waals surface area contributed by atoms with Crippen LogP contribution in [0.25, 0.3) is 11.1 Å². The molecule has 1 atom stereocenters. The Morgan fingerprint density at radius 1 is 1.25 bits per heavy atom. The molecule has 2 aromatic carbocycles. The number of ether oxygens (including phenoxy) is 1. The van der Waals surface area contributed by atoms with Crippen molar-refractivity contribution in [3.63, 3.8) is 0 Å². The zero-order chi connectivity index (χ0) is 13.7. The molecule has 0 amide bonds. The Balaban J connectivity index is 2.08. The molecule has 0 saturated heterocycles. The second kappa shape index (κ2) is 4.51. The van der Waals surface area contributed by atoms with Crippen LogP contribution in [0.15, 0.2) is 30.3 Å². The molecule has 0 saturated carbocycles. The van der Waals surface area contributed by atoms with Crippen LogP contribution in [0.5, 0.6) is 5.75 Å². The average molecular weight is 286 g/mol. The first-order chi connectivity index (χ1) is 9.79. The van der Waals surface area contributed by atoms with Crippen LogP contribution in [0.2, 0.25) is 5.02 Å². The van der Waals surface area contributed by atoms with Gasteiger partial charge in [-0.15, -0.1) is 0 Å². The van der Waals surface area contributed by atoms with Gasteiger partial charge in [0.15, 0.2) is 0 Å². The summed E-state index contributed by atoms with van der Waals surface area (Å²) in [6, 6.07) is 10.8. The van der Waals surface area contributed by atoms with E-state index in [1.807, 2.05) is 12.1 Å². The highest BCUT2D eigenvalue weighted by molar-refractivity contribution is 6.31. The number of benzene rings is 2. The minimum absolute atomic E-state index is 0.358. The van der Waals surface area contributed by atoms with E-state index in [-0.39, 0.29) is 0 Å². The number of hydrogen-bond acceptors (Lipinski definition) is 2. The lowest BCUT2D eigenvalue weighted by Gasteiger charge is -2.35. The van der Waals surface area contributed by atoms with Crippen LogP contribution in [-0.4, -0.2) is 13.7 Å². The van der Waals surface area contributed by atoms with Crippen molar-refractivity contribution in [1.29, 1.82) is 0 Å². The maximum Gasteiger partial charge on any atom is 0.127 e. The van der Waals surface area contributed by atoms with E-state index >= 15 is 0 Å². The van der Waals surface area contributed by atoms with Crippen molar-refractivity contribution in [1.82, 2.24) is 5.32 Å². The molecular weight excluding hydrogens is 270 g/mol. The molecule has 0 spiro atoms. The summed E-state index contributed by atoms with van der Waals surface area (Å²) in [5.74, 6) is 0.945. The van der Waals surface area contributed by atoms with Gasteiger partial charge < -0.3 is 10.1 Å². The van der Waals surface area contributed by atoms with Crippen molar-refractivity contribution >= 4 is 11.6 Å². The molecule has 3 heteroatoms. The van der Waals surface area contributed by atoms with E-state index in [2.05, 4.69) is 23.5 Å². The van der Waals surface area contributed by atoms with Crippen LogP contribution in [0.4, 0.5) is 0 Å². The summed E-state index contributed by atoms with van der Waals surface area (Å²) in [7, 11) is 1.74. The van der Waals surface area contributed by atoms with Crippen molar-refractivity contribution < 1.29 is 4.74 Å². The first-order valence-corrected chi connectivity index (χ1v) is 7.38. The average Bonchev–Trinajstić information content (AvgIpc) is 2.49. The Morgan fingerprint density at radius 3 is 3.00 bits per heavy atom. The van der Waals surface area contributed by atoms with Gasteiger partial charge in [-0.25, -0.2) is 0 Å². The quantitative estimate of drug-likeness (QED) is 0.861. The molecule has 2 aliphatic rings. The predicted molar refractivity (Wildman–Crippen MR) is 81.6 cm³/mol. The third kappa shape index (κ3) is 1.62. The highest BCUT2D eigenvalue weighted by Gasteiger charge is 2.32. The van der Waals surface area contributed by atoms with Gasteiger partial charge in [-0.2, -0.15) is 0 Å². The molecule has 2 aromatic rings. The third-order valence-electron chi connectivity index (χ3n) is 4.45. The van der Waals surface area contributed by atoms with Gasteiger partial charge >= 0.3 is 0 Å². The molecule has 20 heavy (non-hydrogen) atoms. The number of nitrogens with one attached hydrogen (secondary N) is 1. The molecule has 0 radical (unpaired) electrons. The first-order valence-electron chi connectivity index (χ1n) is 7.00. The van der Waals surface area contributed by atoms with Crippen LogP contribution < -0.4 is 10.1 Å². The Kier molecular flexibility index (Phi) is 2.76. The molecule has 1 heterocycles. The van der Waals surface area contributed by atoms with Gasteiger partial charge in [0.1, 0.15) is 5.75 Å². The lowest BCUT2D eigenvalue weighted by atomic mass is 9.77. The van der Waals surface area contributed by atoms with Crippen LogP contribution >= 0.6 is 11.6 Å². The van der Waals surface area contributed by atoms with Crippen LogP contribution in [0.1, 0.15) is 22.7 Å². The zero-order valence-electron chi connectivity index (χ0n) is 11.4. The highest BCUT2D eigenvalue weighted by atomic mass is 35.5. The lowest BCUT2D eigenvalue weighted by molar-refractivity contribution is 0.412. The maximum atomic E-state index is 6.42. The van der Waals surface area contributed by atoms with E-state index in [9.17, 15) is 0 Å². The maximum absolute atomic E-state index is 6.42. The molecule has 1 unspecified atom stereocenters. The van der Waals surface area contributed by atoms with Gasteiger partial charge in [0.25, 0.3) is 0 Å². The summed E-state index contributed by atoms with van der Waals surface area (Å²) in [5.41, 5.74) is 6.54. The monoisotopic (exact) mass is 285 g/mol. The Bertz CT molecular complexity index is 696. The number of hydrogen-bond donors (Lipinski definition) is 1. The molecule has 102 valence electrons. The van der Waals surface area contributed by atoms with E-state index < -0.39 is 0 Å². The SMILES string of the molecule is COc1ccc2c3c1-c1cccc(Cl)c1CC3NCC2. The third-order valence-corrected chi connectivity index (χ3v) is 4.80. The smallest absolute Gasteiger partial charge is 0.127 e. The molecule has 1 aliphatic carbocycles. The van der Waals surface area contributed by atoms with Crippen LogP contribution in [0.3, 0.4) is 0 Å². The van der Waals surface area contributed by atoms with Gasteiger partial charge in [-0.1, -0.05) is 29.8 Å². The van der Waals surface area contributed by atoms with Crippen LogP contribution in [0, 0.1) is 0 Å². The molecule has 4 rings (SSSR count). The standard InChI is InChI=1S/C17H16ClNO/c1-20-15-6-5-10-7-8-19-14-9-12-11(17(15)16(10)14)3-2-4-13(12)18/h2-6,14,19H,7-9H2,1H3. The molecule has 0 bridgehead atoms. The van der Waals surface area contributed by atoms with Crippen molar-refractivity contribution in [3.8, 4) is 16.9 Å². The Labute approximate surface area is 123 Å². The van der Waals surface area contributed by atoms with Gasteiger partial charge in [-0.3, -0.25) is 0 Å². The minimum atomic E-state index is 0.358. The summed E-state index contributed by atoms with van der Waals surface area (Å²) in [5, 5.41) is 4.48. The van der Waals surface area contributed by atoms with E-state index in [0.717, 1.165) is 30.2 Å². The van der Waals surface area contributed by atoms with Crippen molar-refractivity contribution in [2.24, 2.45) is 0 Å². The normalized spacial score (nSPS) is 19.2. The van der Waals surface area contributed by atoms with E-state index in [4.69, 9.17) is 16.3 Å². The number of fused-ring (bicyclic) bond motifs is 2. The molecule has 2 nitrogen and oxygen atoms in total. The summed E-state index contributed by atoms with van der Waals surface area (Å²) in [6.07, 6.45) is 2.04. The number of methoxy groups -OCH3 is 1. The Morgan fingerprint density at radius 2 is 2.15 bits per heavy atom. The first kappa shape index (κ1) is 12.2. The molecular formula is C17H16ClNO. The second-order valence-corrected chi connectivity index (χ2v) is 5.85. The van der Waals surface area contributed by atoms with Gasteiger partial charge in [0, 0.05) is 16.6 Å². The molecule has 0 aromatic heterocycles. The summed E-state index contributed by atoms with van der Waals surface area (Å²) in [6.45, 7) is 1.03. The largest absolute Gasteiger partial charge is 0.496 e. The topological polar surface area (TPSA) is 21.3 Å². The summed E-state index contributed by atoms with van der Waals surface area (Å²) < 4.78 is 5.61. The zero-order valence-corrected chi connectivity index (χ0v) is 12.1. The van der Waals surface area contributed by atoms with Crippen molar-refractivity contribution in [2.45, 2.75) is 18.9 Å². The minimum Gasteiger partial charge on any atom is -0.496 e. The molecule has 0 fully saturated rings. The van der Waals surface area contributed by atoms with Gasteiger partial charge in [0.2, 0.25) is 0 Å². The predicted octanol–water partition coefficient (Wildman–Crippen LogP) is 3.76. The summed E-state index contributed by atoms with van der Waals surface area (Å²) >= 11 is 6.42. The van der Waals surface area contributed by atoms with Crippen LogP contribution in [-0.2, 0) is 12.8 Å². The van der Waals surface area contributed by atoms with E-state index in [1.165, 1.54) is 27.8 Å². The van der Waals surface area contributed by atoms with Crippen molar-refractivity contribution in [3.05, 3.63) is 52.0 Å². The number of halogens is 1. The fourth-order valence-corrected chi connectivity index (χ4v) is 3.82. The summed E-state index contributed by atoms with van der Waals surface area (Å²) in [4.78, 5) is 0. The Hall–Kier alpha value is -1.51. The van der Waals surface area contributed by atoms with Crippen molar-refractivity contribution in [2.75, 3.05) is 13.7 Å². The van der Waals surface area contributed by atoms with Gasteiger partial charge in [0.05, 0.1) is 7.11 Å². The fourth-order valence-electron chi connectivity index (χ4n) is 3.57. The number of rotatable bonds is 1.